The zero-order chi connectivity index (χ0) is 23.1. The van der Waals surface area contributed by atoms with E-state index in [0.29, 0.717) is 5.69 Å². The molecule has 0 atom stereocenters. The molecule has 32 heavy (non-hydrogen) atoms. The van der Waals surface area contributed by atoms with Gasteiger partial charge in [-0.15, -0.1) is 0 Å². The number of benzene rings is 1. The third-order valence-corrected chi connectivity index (χ3v) is 5.66. The van der Waals surface area contributed by atoms with Crippen molar-refractivity contribution in [3.63, 3.8) is 0 Å². The molecule has 3 N–H and O–H groups in total. The largest absolute Gasteiger partial charge is 0.361 e. The van der Waals surface area contributed by atoms with Gasteiger partial charge in [0.05, 0.1) is 10.4 Å². The summed E-state index contributed by atoms with van der Waals surface area (Å²) in [5.41, 5.74) is 2.05. The minimum Gasteiger partial charge on any atom is -0.361 e. The van der Waals surface area contributed by atoms with Gasteiger partial charge in [0.1, 0.15) is 6.33 Å². The lowest BCUT2D eigenvalue weighted by molar-refractivity contribution is -0.383. The van der Waals surface area contributed by atoms with E-state index >= 15 is 0 Å². The van der Waals surface area contributed by atoms with E-state index in [1.807, 2.05) is 37.3 Å². The summed E-state index contributed by atoms with van der Waals surface area (Å²) in [6.07, 6.45) is 2.98. The number of aromatic nitrogens is 3. The number of piperidine rings is 1. The van der Waals surface area contributed by atoms with Crippen LogP contribution < -0.4 is 16.0 Å². The molecule has 2 aromatic heterocycles. The van der Waals surface area contributed by atoms with Crippen LogP contribution in [0.1, 0.15) is 46.2 Å². The second-order valence-electron chi connectivity index (χ2n) is 9.77. The van der Waals surface area contributed by atoms with Gasteiger partial charge in [0.25, 0.3) is 0 Å². The van der Waals surface area contributed by atoms with Crippen LogP contribution in [0.3, 0.4) is 0 Å². The fraction of sp³-hybridized carbons (Fsp3) is 0.435. The molecule has 1 aliphatic rings. The van der Waals surface area contributed by atoms with Crippen molar-refractivity contribution in [2.75, 3.05) is 10.6 Å². The monoisotopic (exact) mass is 435 g/mol. The van der Waals surface area contributed by atoms with Gasteiger partial charge in [0, 0.05) is 33.9 Å². The first-order chi connectivity index (χ1) is 15.0. The van der Waals surface area contributed by atoms with Crippen LogP contribution in [0.25, 0.3) is 10.9 Å². The van der Waals surface area contributed by atoms with Crippen molar-refractivity contribution in [3.8, 4) is 0 Å². The van der Waals surface area contributed by atoms with Gasteiger partial charge >= 0.3 is 5.69 Å². The second-order valence-corrected chi connectivity index (χ2v) is 9.77. The summed E-state index contributed by atoms with van der Waals surface area (Å²) in [6.45, 7) is 10.5. The molecule has 0 saturated carbocycles. The minimum absolute atomic E-state index is 0.0347. The number of nitrogens with one attached hydrogen (secondary N) is 3. The zero-order valence-electron chi connectivity index (χ0n) is 19.1. The van der Waals surface area contributed by atoms with Crippen LogP contribution in [-0.2, 0) is 0 Å². The maximum absolute atomic E-state index is 12.1. The molecular weight excluding hydrogens is 406 g/mol. The van der Waals surface area contributed by atoms with E-state index in [2.05, 4.69) is 58.6 Å². The molecule has 1 saturated heterocycles. The normalized spacial score (nSPS) is 17.8. The number of nitrogens with zero attached hydrogens (tertiary/aromatic N) is 4. The lowest BCUT2D eigenvalue weighted by atomic mass is 9.79. The van der Waals surface area contributed by atoms with Crippen LogP contribution in [0.2, 0.25) is 0 Å². The molecule has 3 aromatic rings. The molecule has 1 aromatic carbocycles. The van der Waals surface area contributed by atoms with Crippen LogP contribution >= 0.6 is 0 Å². The van der Waals surface area contributed by atoms with Crippen molar-refractivity contribution in [1.82, 2.24) is 20.3 Å². The van der Waals surface area contributed by atoms with Crippen LogP contribution in [0.15, 0.2) is 36.7 Å². The molecule has 0 radical (unpaired) electrons. The lowest BCUT2D eigenvalue weighted by Gasteiger charge is -2.46. The third-order valence-electron chi connectivity index (χ3n) is 5.66. The maximum atomic E-state index is 12.1. The van der Waals surface area contributed by atoms with Crippen LogP contribution in [-0.4, -0.2) is 37.0 Å². The molecule has 9 nitrogen and oxygen atoms in total. The summed E-state index contributed by atoms with van der Waals surface area (Å²) in [6, 6.07) is 9.53. The van der Waals surface area contributed by atoms with Gasteiger partial charge in [0.15, 0.2) is 0 Å². The van der Waals surface area contributed by atoms with Gasteiger partial charge in [-0.25, -0.2) is 9.97 Å². The highest BCUT2D eigenvalue weighted by atomic mass is 16.6. The van der Waals surface area contributed by atoms with E-state index < -0.39 is 4.92 Å². The van der Waals surface area contributed by atoms with E-state index in [4.69, 9.17) is 0 Å². The Balaban J connectivity index is 1.69. The first-order valence-electron chi connectivity index (χ1n) is 10.7. The van der Waals surface area contributed by atoms with Gasteiger partial charge in [-0.3, -0.25) is 15.1 Å². The van der Waals surface area contributed by atoms with Crippen LogP contribution in [0.4, 0.5) is 23.0 Å². The van der Waals surface area contributed by atoms with Crippen molar-refractivity contribution in [2.24, 2.45) is 0 Å². The SMILES string of the molecule is Cc1ccc2c(Nc3ncnc(NC4CC(C)(C)NC(C)(C)C4)c3[N+](=O)[O-])cccc2n1. The highest BCUT2D eigenvalue weighted by Crippen LogP contribution is 2.36. The average Bonchev–Trinajstić information content (AvgIpc) is 2.65. The summed E-state index contributed by atoms with van der Waals surface area (Å²) < 4.78 is 0. The fourth-order valence-electron chi connectivity index (χ4n) is 4.86. The van der Waals surface area contributed by atoms with Gasteiger partial charge in [-0.2, -0.15) is 0 Å². The standard InChI is InChI=1S/C23H29N7O2/c1-14-9-10-16-17(26-14)7-6-8-18(16)28-21-19(30(31)32)20(24-13-25-21)27-15-11-22(2,3)29-23(4,5)12-15/h6-10,13,15,29H,11-12H2,1-5H3,(H2,24,25,27,28). The Labute approximate surface area is 187 Å². The molecule has 0 spiro atoms. The maximum Gasteiger partial charge on any atom is 0.353 e. The fourth-order valence-corrected chi connectivity index (χ4v) is 4.86. The predicted octanol–water partition coefficient (Wildman–Crippen LogP) is 4.71. The number of pyridine rings is 1. The molecule has 3 heterocycles. The summed E-state index contributed by atoms with van der Waals surface area (Å²) in [5, 5.41) is 23.0. The minimum atomic E-state index is -0.435. The zero-order valence-corrected chi connectivity index (χ0v) is 19.1. The Morgan fingerprint density at radius 3 is 2.44 bits per heavy atom. The molecule has 0 unspecified atom stereocenters. The molecular formula is C23H29N7O2. The molecule has 0 amide bonds. The van der Waals surface area contributed by atoms with E-state index in [1.165, 1.54) is 6.33 Å². The number of aryl methyl sites for hydroxylation is 1. The van der Waals surface area contributed by atoms with Crippen molar-refractivity contribution in [2.45, 2.75) is 64.6 Å². The van der Waals surface area contributed by atoms with E-state index in [-0.39, 0.29) is 34.4 Å². The summed E-state index contributed by atoms with van der Waals surface area (Å²) in [5.74, 6) is 0.369. The number of nitro groups is 1. The van der Waals surface area contributed by atoms with Crippen LogP contribution in [0, 0.1) is 17.0 Å². The average molecular weight is 436 g/mol. The smallest absolute Gasteiger partial charge is 0.353 e. The molecule has 0 bridgehead atoms. The highest BCUT2D eigenvalue weighted by Gasteiger charge is 2.38. The Morgan fingerprint density at radius 2 is 1.75 bits per heavy atom. The number of hydrogen-bond donors (Lipinski definition) is 3. The number of hydrogen-bond acceptors (Lipinski definition) is 8. The molecule has 0 aliphatic carbocycles. The third kappa shape index (κ3) is 4.62. The van der Waals surface area contributed by atoms with E-state index in [0.717, 1.165) is 29.4 Å². The van der Waals surface area contributed by atoms with Gasteiger partial charge < -0.3 is 16.0 Å². The van der Waals surface area contributed by atoms with E-state index in [9.17, 15) is 10.1 Å². The Hall–Kier alpha value is -3.33. The molecule has 1 fully saturated rings. The first kappa shape index (κ1) is 21.9. The number of anilines is 3. The highest BCUT2D eigenvalue weighted by molar-refractivity contribution is 5.94. The Morgan fingerprint density at radius 1 is 1.06 bits per heavy atom. The first-order valence-corrected chi connectivity index (χ1v) is 10.7. The topological polar surface area (TPSA) is 118 Å². The summed E-state index contributed by atoms with van der Waals surface area (Å²) in [4.78, 5) is 24.6. The van der Waals surface area contributed by atoms with Crippen LogP contribution in [0.5, 0.6) is 0 Å². The molecule has 1 aliphatic heterocycles. The van der Waals surface area contributed by atoms with Crippen molar-refractivity contribution in [1.29, 1.82) is 0 Å². The summed E-state index contributed by atoms with van der Waals surface area (Å²) >= 11 is 0. The Kier molecular flexibility index (Phi) is 5.46. The number of rotatable bonds is 5. The molecule has 168 valence electrons. The predicted molar refractivity (Wildman–Crippen MR) is 126 cm³/mol. The molecule has 4 rings (SSSR count). The van der Waals surface area contributed by atoms with Gasteiger partial charge in [0.2, 0.25) is 11.6 Å². The lowest BCUT2D eigenvalue weighted by Crippen LogP contribution is -2.60. The van der Waals surface area contributed by atoms with Crippen molar-refractivity contribution in [3.05, 3.63) is 52.5 Å². The molecule has 9 heteroatoms. The second kappa shape index (κ2) is 7.98. The summed E-state index contributed by atoms with van der Waals surface area (Å²) in [7, 11) is 0. The van der Waals surface area contributed by atoms with Gasteiger partial charge in [-0.05, 0) is 71.7 Å². The Bertz CT molecular complexity index is 1160. The van der Waals surface area contributed by atoms with Gasteiger partial charge in [-0.1, -0.05) is 6.07 Å². The van der Waals surface area contributed by atoms with Crippen molar-refractivity contribution < 1.29 is 4.92 Å². The van der Waals surface area contributed by atoms with E-state index in [1.54, 1.807) is 0 Å². The quantitative estimate of drug-likeness (QED) is 0.390. The van der Waals surface area contributed by atoms with Crippen molar-refractivity contribution >= 4 is 33.9 Å². The number of fused-ring (bicyclic) bond motifs is 1.